The van der Waals surface area contributed by atoms with Gasteiger partial charge in [0.25, 0.3) is 0 Å². The number of hydrogen-bond acceptors (Lipinski definition) is 3. The van der Waals surface area contributed by atoms with Gasteiger partial charge in [-0.05, 0) is 59.6 Å². The van der Waals surface area contributed by atoms with Crippen LogP contribution in [0.4, 0.5) is 0 Å². The van der Waals surface area contributed by atoms with Crippen LogP contribution in [0.1, 0.15) is 35.3 Å². The number of rotatable bonds is 3. The van der Waals surface area contributed by atoms with Crippen molar-refractivity contribution in [3.05, 3.63) is 58.1 Å². The molecule has 0 amide bonds. The van der Waals surface area contributed by atoms with Crippen molar-refractivity contribution >= 4 is 15.9 Å². The molecule has 2 unspecified atom stereocenters. The molecule has 2 heterocycles. The summed E-state index contributed by atoms with van der Waals surface area (Å²) in [4.78, 5) is 9.11. The molecular weight excluding hydrogens is 302 g/mol. The Labute approximate surface area is 121 Å². The number of aromatic nitrogens is 2. The van der Waals surface area contributed by atoms with Crippen LogP contribution in [0.25, 0.3) is 0 Å². The van der Waals surface area contributed by atoms with Gasteiger partial charge in [-0.15, -0.1) is 0 Å². The maximum Gasteiger partial charge on any atom is 0.0580 e. The number of likely N-dealkylation sites (N-methyl/N-ethyl adjacent to an activating group) is 1. The van der Waals surface area contributed by atoms with E-state index in [1.165, 1.54) is 11.3 Å². The highest BCUT2D eigenvalue weighted by Crippen LogP contribution is 2.39. The van der Waals surface area contributed by atoms with Crippen LogP contribution in [0.2, 0.25) is 0 Å². The lowest BCUT2D eigenvalue weighted by Gasteiger charge is -2.22. The summed E-state index contributed by atoms with van der Waals surface area (Å²) in [5.41, 5.74) is 3.69. The Morgan fingerprint density at radius 3 is 2.95 bits per heavy atom. The lowest BCUT2D eigenvalue weighted by atomic mass is 9.94. The number of nitrogens with zero attached hydrogens (tertiary/aromatic N) is 2. The molecular formula is C15H16BrN3. The van der Waals surface area contributed by atoms with Gasteiger partial charge in [0.1, 0.15) is 0 Å². The molecule has 3 nitrogen and oxygen atoms in total. The Morgan fingerprint density at radius 2 is 2.21 bits per heavy atom. The second-order valence-electron chi connectivity index (χ2n) is 4.86. The maximum absolute atomic E-state index is 4.58. The number of fused-ring (bicyclic) bond motifs is 1. The summed E-state index contributed by atoms with van der Waals surface area (Å²) in [7, 11) is 2.00. The number of hydrogen-bond donors (Lipinski definition) is 1. The number of nitrogens with one attached hydrogen (secondary N) is 1. The van der Waals surface area contributed by atoms with Crippen molar-refractivity contribution in [2.45, 2.75) is 24.8 Å². The van der Waals surface area contributed by atoms with Gasteiger partial charge in [-0.1, -0.05) is 6.07 Å². The van der Waals surface area contributed by atoms with Crippen LogP contribution in [0.15, 0.2) is 41.1 Å². The van der Waals surface area contributed by atoms with Crippen molar-refractivity contribution in [2.75, 3.05) is 7.05 Å². The normalized spacial score (nSPS) is 19.2. The van der Waals surface area contributed by atoms with Crippen molar-refractivity contribution in [1.29, 1.82) is 0 Å². The average molecular weight is 318 g/mol. The molecule has 0 fully saturated rings. The lowest BCUT2D eigenvalue weighted by Crippen LogP contribution is -2.24. The molecule has 19 heavy (non-hydrogen) atoms. The molecule has 2 aromatic rings. The third kappa shape index (κ3) is 2.42. The van der Waals surface area contributed by atoms with Gasteiger partial charge in [-0.25, -0.2) is 0 Å². The average Bonchev–Trinajstić information content (AvgIpc) is 2.86. The van der Waals surface area contributed by atoms with Gasteiger partial charge < -0.3 is 5.32 Å². The minimum Gasteiger partial charge on any atom is -0.311 e. The summed E-state index contributed by atoms with van der Waals surface area (Å²) in [6, 6.07) is 8.55. The van der Waals surface area contributed by atoms with Gasteiger partial charge >= 0.3 is 0 Å². The van der Waals surface area contributed by atoms with Crippen molar-refractivity contribution in [3.8, 4) is 0 Å². The Kier molecular flexibility index (Phi) is 3.62. The fraction of sp³-hybridized carbons (Fsp3) is 0.333. The molecule has 1 aliphatic rings. The monoisotopic (exact) mass is 317 g/mol. The van der Waals surface area contributed by atoms with E-state index in [0.717, 1.165) is 23.0 Å². The van der Waals surface area contributed by atoms with E-state index in [9.17, 15) is 0 Å². The van der Waals surface area contributed by atoms with E-state index < -0.39 is 0 Å². The van der Waals surface area contributed by atoms with Crippen LogP contribution in [0.5, 0.6) is 0 Å². The third-order valence-corrected chi connectivity index (χ3v) is 4.25. The van der Waals surface area contributed by atoms with Crippen molar-refractivity contribution in [3.63, 3.8) is 0 Å². The van der Waals surface area contributed by atoms with Gasteiger partial charge in [-0.3, -0.25) is 9.97 Å². The van der Waals surface area contributed by atoms with Gasteiger partial charge in [0.2, 0.25) is 0 Å². The van der Waals surface area contributed by atoms with Gasteiger partial charge in [0.15, 0.2) is 0 Å². The van der Waals surface area contributed by atoms with E-state index in [2.05, 4.69) is 43.3 Å². The highest BCUT2D eigenvalue weighted by molar-refractivity contribution is 9.10. The summed E-state index contributed by atoms with van der Waals surface area (Å²) in [5.74, 6) is 0.412. The highest BCUT2D eigenvalue weighted by Gasteiger charge is 2.31. The first-order valence-corrected chi connectivity index (χ1v) is 7.31. The fourth-order valence-corrected chi connectivity index (χ4v) is 3.13. The predicted octanol–water partition coefficient (Wildman–Crippen LogP) is 3.23. The zero-order valence-electron chi connectivity index (χ0n) is 10.8. The molecule has 0 spiro atoms. The predicted molar refractivity (Wildman–Crippen MR) is 79.0 cm³/mol. The highest BCUT2D eigenvalue weighted by atomic mass is 79.9. The molecule has 0 saturated carbocycles. The second-order valence-corrected chi connectivity index (χ2v) is 5.78. The smallest absolute Gasteiger partial charge is 0.0580 e. The molecule has 4 heteroatoms. The Hall–Kier alpha value is -1.26. The van der Waals surface area contributed by atoms with E-state index in [4.69, 9.17) is 0 Å². The number of aryl methyl sites for hydroxylation is 1. The van der Waals surface area contributed by atoms with E-state index in [1.54, 1.807) is 0 Å². The molecule has 0 bridgehead atoms. The zero-order valence-corrected chi connectivity index (χ0v) is 12.4. The van der Waals surface area contributed by atoms with Gasteiger partial charge in [0.05, 0.1) is 11.7 Å². The van der Waals surface area contributed by atoms with Gasteiger partial charge in [-0.2, -0.15) is 0 Å². The molecule has 2 aromatic heterocycles. The molecule has 0 radical (unpaired) electrons. The summed E-state index contributed by atoms with van der Waals surface area (Å²) in [5, 5.41) is 3.40. The number of halogens is 1. The third-order valence-electron chi connectivity index (χ3n) is 3.78. The Morgan fingerprint density at radius 1 is 1.32 bits per heavy atom. The van der Waals surface area contributed by atoms with Gasteiger partial charge in [0, 0.05) is 28.5 Å². The molecule has 0 aliphatic heterocycles. The SMILES string of the molecule is CNC(c1ccc(Br)cn1)C1CCc2cccnc21. The number of pyridine rings is 2. The molecule has 98 valence electrons. The second kappa shape index (κ2) is 5.39. The standard InChI is InChI=1S/C15H16BrN3/c1-17-15(13-7-5-11(16)9-19-13)12-6-4-10-3-2-8-18-14(10)12/h2-3,5,7-9,12,15,17H,4,6H2,1H3. The first kappa shape index (κ1) is 12.8. The molecule has 3 rings (SSSR count). The van der Waals surface area contributed by atoms with E-state index in [-0.39, 0.29) is 6.04 Å². The Balaban J connectivity index is 1.94. The van der Waals surface area contributed by atoms with Crippen LogP contribution in [-0.2, 0) is 6.42 Å². The minimum absolute atomic E-state index is 0.226. The molecule has 0 aromatic carbocycles. The lowest BCUT2D eigenvalue weighted by molar-refractivity contribution is 0.460. The van der Waals surface area contributed by atoms with Crippen LogP contribution in [0, 0.1) is 0 Å². The molecule has 2 atom stereocenters. The van der Waals surface area contributed by atoms with Crippen molar-refractivity contribution < 1.29 is 0 Å². The fourth-order valence-electron chi connectivity index (χ4n) is 2.89. The zero-order chi connectivity index (χ0) is 13.2. The summed E-state index contributed by atoms with van der Waals surface area (Å²) in [6.45, 7) is 0. The van der Waals surface area contributed by atoms with E-state index >= 15 is 0 Å². The van der Waals surface area contributed by atoms with Crippen molar-refractivity contribution in [2.24, 2.45) is 0 Å². The molecule has 1 N–H and O–H groups in total. The van der Waals surface area contributed by atoms with Crippen molar-refractivity contribution in [1.82, 2.24) is 15.3 Å². The largest absolute Gasteiger partial charge is 0.311 e. The maximum atomic E-state index is 4.58. The van der Waals surface area contributed by atoms with Crippen LogP contribution < -0.4 is 5.32 Å². The van der Waals surface area contributed by atoms with E-state index in [0.29, 0.717) is 5.92 Å². The van der Waals surface area contributed by atoms with Crippen LogP contribution in [-0.4, -0.2) is 17.0 Å². The first-order valence-electron chi connectivity index (χ1n) is 6.52. The Bertz CT molecular complexity index is 568. The summed E-state index contributed by atoms with van der Waals surface area (Å²) < 4.78 is 1.01. The quantitative estimate of drug-likeness (QED) is 0.944. The van der Waals surface area contributed by atoms with Crippen LogP contribution in [0.3, 0.4) is 0 Å². The molecule has 1 aliphatic carbocycles. The topological polar surface area (TPSA) is 37.8 Å². The summed E-state index contributed by atoms with van der Waals surface area (Å²) in [6.07, 6.45) is 5.99. The first-order chi connectivity index (χ1) is 9.29. The molecule has 0 saturated heterocycles. The van der Waals surface area contributed by atoms with E-state index in [1.807, 2.05) is 31.6 Å². The summed E-state index contributed by atoms with van der Waals surface area (Å²) >= 11 is 3.43. The van der Waals surface area contributed by atoms with Crippen LogP contribution >= 0.6 is 15.9 Å². The minimum atomic E-state index is 0.226.